The third kappa shape index (κ3) is 3.17. The van der Waals surface area contributed by atoms with Crippen LogP contribution in [0.4, 0.5) is 5.69 Å². The zero-order chi connectivity index (χ0) is 10.4. The second-order valence-electron chi connectivity index (χ2n) is 3.36. The number of hydrogen-bond donors (Lipinski definition) is 1. The Balaban J connectivity index is 2.48. The Morgan fingerprint density at radius 3 is 2.79 bits per heavy atom. The molecule has 0 saturated heterocycles. The van der Waals surface area contributed by atoms with Crippen molar-refractivity contribution in [2.75, 3.05) is 5.73 Å². The van der Waals surface area contributed by atoms with Crippen LogP contribution in [-0.4, -0.2) is 10.8 Å². The van der Waals surface area contributed by atoms with Gasteiger partial charge >= 0.3 is 0 Å². The number of anilines is 1. The lowest BCUT2D eigenvalue weighted by molar-refractivity contribution is 0.0974. The molecule has 2 N–H and O–H groups in total. The van der Waals surface area contributed by atoms with Gasteiger partial charge in [0.05, 0.1) is 11.9 Å². The van der Waals surface area contributed by atoms with Crippen LogP contribution in [-0.2, 0) is 0 Å². The summed E-state index contributed by atoms with van der Waals surface area (Å²) in [6.45, 7) is 2.12. The molecule has 0 saturated carbocycles. The lowest BCUT2D eigenvalue weighted by atomic mass is 10.1. The molecule has 3 heteroatoms. The van der Waals surface area contributed by atoms with E-state index in [1.54, 1.807) is 12.1 Å². The second-order valence-corrected chi connectivity index (χ2v) is 3.36. The van der Waals surface area contributed by atoms with E-state index in [-0.39, 0.29) is 5.78 Å². The molecule has 0 fully saturated rings. The van der Waals surface area contributed by atoms with E-state index in [0.29, 0.717) is 17.8 Å². The molecule has 0 bridgehead atoms. The monoisotopic (exact) mass is 192 g/mol. The van der Waals surface area contributed by atoms with Gasteiger partial charge < -0.3 is 5.73 Å². The summed E-state index contributed by atoms with van der Waals surface area (Å²) in [7, 11) is 0. The van der Waals surface area contributed by atoms with Crippen LogP contribution in [0.5, 0.6) is 0 Å². The number of nitrogen functional groups attached to an aromatic ring is 1. The van der Waals surface area contributed by atoms with E-state index in [1.165, 1.54) is 6.20 Å². The Morgan fingerprint density at radius 2 is 2.21 bits per heavy atom. The standard InChI is InChI=1S/C11H16N2O/c1-2-3-4-5-11(14)10-7-6-9(12)8-13-10/h6-8H,2-5,12H2,1H3. The maximum absolute atomic E-state index is 11.5. The number of pyridine rings is 1. The smallest absolute Gasteiger partial charge is 0.181 e. The highest BCUT2D eigenvalue weighted by Gasteiger charge is 2.05. The van der Waals surface area contributed by atoms with Gasteiger partial charge in [-0.05, 0) is 18.6 Å². The molecular formula is C11H16N2O. The Bertz CT molecular complexity index is 293. The van der Waals surface area contributed by atoms with E-state index in [0.717, 1.165) is 19.3 Å². The summed E-state index contributed by atoms with van der Waals surface area (Å²) < 4.78 is 0. The second kappa shape index (κ2) is 5.37. The molecule has 1 heterocycles. The van der Waals surface area contributed by atoms with Crippen molar-refractivity contribution in [1.82, 2.24) is 4.98 Å². The lowest BCUT2D eigenvalue weighted by Gasteiger charge is -1.99. The Labute approximate surface area is 84.3 Å². The van der Waals surface area contributed by atoms with Crippen LogP contribution >= 0.6 is 0 Å². The summed E-state index contributed by atoms with van der Waals surface area (Å²) in [6, 6.07) is 3.39. The molecule has 3 nitrogen and oxygen atoms in total. The van der Waals surface area contributed by atoms with E-state index in [2.05, 4.69) is 11.9 Å². The lowest BCUT2D eigenvalue weighted by Crippen LogP contribution is -2.02. The molecule has 0 aromatic carbocycles. The highest BCUT2D eigenvalue weighted by atomic mass is 16.1. The minimum atomic E-state index is 0.110. The molecule has 14 heavy (non-hydrogen) atoms. The number of carbonyl (C=O) groups is 1. The topological polar surface area (TPSA) is 56.0 Å². The van der Waals surface area contributed by atoms with Crippen LogP contribution in [0.25, 0.3) is 0 Å². The number of hydrogen-bond acceptors (Lipinski definition) is 3. The first-order valence-corrected chi connectivity index (χ1v) is 4.98. The molecule has 0 amide bonds. The maximum atomic E-state index is 11.5. The van der Waals surface area contributed by atoms with Crippen LogP contribution in [0.3, 0.4) is 0 Å². The minimum Gasteiger partial charge on any atom is -0.397 e. The number of carbonyl (C=O) groups excluding carboxylic acids is 1. The molecule has 0 radical (unpaired) electrons. The van der Waals surface area contributed by atoms with Gasteiger partial charge in [-0.15, -0.1) is 0 Å². The fraction of sp³-hybridized carbons (Fsp3) is 0.455. The zero-order valence-corrected chi connectivity index (χ0v) is 8.49. The molecule has 0 atom stereocenters. The predicted molar refractivity (Wildman–Crippen MR) is 57.1 cm³/mol. The third-order valence-electron chi connectivity index (χ3n) is 2.08. The first-order chi connectivity index (χ1) is 6.74. The van der Waals surface area contributed by atoms with Gasteiger partial charge in [0.25, 0.3) is 0 Å². The van der Waals surface area contributed by atoms with Crippen molar-refractivity contribution in [3.05, 3.63) is 24.0 Å². The van der Waals surface area contributed by atoms with Crippen LogP contribution in [0.2, 0.25) is 0 Å². The van der Waals surface area contributed by atoms with Gasteiger partial charge in [0.1, 0.15) is 5.69 Å². The van der Waals surface area contributed by atoms with E-state index < -0.39 is 0 Å². The van der Waals surface area contributed by atoms with Crippen molar-refractivity contribution >= 4 is 11.5 Å². The summed E-state index contributed by atoms with van der Waals surface area (Å²) >= 11 is 0. The average molecular weight is 192 g/mol. The molecule has 1 rings (SSSR count). The minimum absolute atomic E-state index is 0.110. The molecule has 0 aliphatic rings. The van der Waals surface area contributed by atoms with Crippen LogP contribution in [0.1, 0.15) is 43.1 Å². The number of Topliss-reactive ketones (excluding diaryl/α,β-unsaturated/α-hetero) is 1. The molecular weight excluding hydrogens is 176 g/mol. The first-order valence-electron chi connectivity index (χ1n) is 4.98. The third-order valence-corrected chi connectivity index (χ3v) is 2.08. The van der Waals surface area contributed by atoms with Gasteiger partial charge in [0.15, 0.2) is 5.78 Å². The molecule has 76 valence electrons. The van der Waals surface area contributed by atoms with E-state index in [9.17, 15) is 4.79 Å². The van der Waals surface area contributed by atoms with Crippen LogP contribution < -0.4 is 5.73 Å². The zero-order valence-electron chi connectivity index (χ0n) is 8.49. The molecule has 0 unspecified atom stereocenters. The van der Waals surface area contributed by atoms with Crippen molar-refractivity contribution in [3.8, 4) is 0 Å². The van der Waals surface area contributed by atoms with Gasteiger partial charge in [-0.1, -0.05) is 19.8 Å². The normalized spacial score (nSPS) is 10.1. The first kappa shape index (κ1) is 10.7. The molecule has 1 aromatic rings. The quantitative estimate of drug-likeness (QED) is 0.575. The van der Waals surface area contributed by atoms with Crippen LogP contribution in [0.15, 0.2) is 18.3 Å². The number of ketones is 1. The number of unbranched alkanes of at least 4 members (excludes halogenated alkanes) is 2. The SMILES string of the molecule is CCCCCC(=O)c1ccc(N)cn1. The fourth-order valence-electron chi connectivity index (χ4n) is 1.23. The fourth-order valence-corrected chi connectivity index (χ4v) is 1.23. The van der Waals surface area contributed by atoms with Gasteiger partial charge in [-0.2, -0.15) is 0 Å². The van der Waals surface area contributed by atoms with Crippen LogP contribution in [0, 0.1) is 0 Å². The van der Waals surface area contributed by atoms with Crippen molar-refractivity contribution in [2.45, 2.75) is 32.6 Å². The van der Waals surface area contributed by atoms with Crippen molar-refractivity contribution in [1.29, 1.82) is 0 Å². The number of rotatable bonds is 5. The van der Waals surface area contributed by atoms with Gasteiger partial charge in [0, 0.05) is 6.42 Å². The summed E-state index contributed by atoms with van der Waals surface area (Å²) in [4.78, 5) is 15.5. The summed E-state index contributed by atoms with van der Waals surface area (Å²) in [5, 5.41) is 0. The highest BCUT2D eigenvalue weighted by Crippen LogP contribution is 2.07. The van der Waals surface area contributed by atoms with Gasteiger partial charge in [-0.3, -0.25) is 9.78 Å². The largest absolute Gasteiger partial charge is 0.397 e. The molecule has 0 aliphatic carbocycles. The number of nitrogens with zero attached hydrogens (tertiary/aromatic N) is 1. The summed E-state index contributed by atoms with van der Waals surface area (Å²) in [5.41, 5.74) is 6.59. The Hall–Kier alpha value is -1.38. The Kier molecular flexibility index (Phi) is 4.11. The molecule has 0 spiro atoms. The van der Waals surface area contributed by atoms with E-state index in [4.69, 9.17) is 5.73 Å². The maximum Gasteiger partial charge on any atom is 0.181 e. The van der Waals surface area contributed by atoms with Gasteiger partial charge in [-0.25, -0.2) is 0 Å². The number of aromatic nitrogens is 1. The van der Waals surface area contributed by atoms with Crippen molar-refractivity contribution in [2.24, 2.45) is 0 Å². The average Bonchev–Trinajstić information content (AvgIpc) is 2.19. The predicted octanol–water partition coefficient (Wildman–Crippen LogP) is 2.43. The van der Waals surface area contributed by atoms with Gasteiger partial charge in [0.2, 0.25) is 0 Å². The van der Waals surface area contributed by atoms with Crippen molar-refractivity contribution in [3.63, 3.8) is 0 Å². The molecule has 1 aromatic heterocycles. The molecule has 0 aliphatic heterocycles. The van der Waals surface area contributed by atoms with E-state index >= 15 is 0 Å². The highest BCUT2D eigenvalue weighted by molar-refractivity contribution is 5.94. The van der Waals surface area contributed by atoms with Crippen molar-refractivity contribution < 1.29 is 4.79 Å². The number of nitrogens with two attached hydrogens (primary N) is 1. The Morgan fingerprint density at radius 1 is 1.43 bits per heavy atom. The van der Waals surface area contributed by atoms with E-state index in [1.807, 2.05) is 0 Å². The summed E-state index contributed by atoms with van der Waals surface area (Å²) in [6.07, 6.45) is 5.28. The summed E-state index contributed by atoms with van der Waals surface area (Å²) in [5.74, 6) is 0.110.